The van der Waals surface area contributed by atoms with Gasteiger partial charge in [-0.1, -0.05) is 24.3 Å². The van der Waals surface area contributed by atoms with E-state index in [0.29, 0.717) is 30.3 Å². The van der Waals surface area contributed by atoms with Crippen LogP contribution >= 0.6 is 0 Å². The fraction of sp³-hybridized carbons (Fsp3) is 0.292. The topological polar surface area (TPSA) is 126 Å². The predicted octanol–water partition coefficient (Wildman–Crippen LogP) is 2.95. The number of aromatic amines is 2. The molecule has 0 spiro atoms. The van der Waals surface area contributed by atoms with Gasteiger partial charge in [-0.15, -0.1) is 0 Å². The number of rotatable bonds is 8. The largest absolute Gasteiger partial charge is 0.493 e. The summed E-state index contributed by atoms with van der Waals surface area (Å²) in [6.45, 7) is 1.62. The highest BCUT2D eigenvalue weighted by atomic mass is 16.3. The van der Waals surface area contributed by atoms with Crippen LogP contribution in [0.5, 0.6) is 5.88 Å². The number of H-pyrrole nitrogens is 2. The zero-order valence-corrected chi connectivity index (χ0v) is 18.6. The molecule has 0 saturated heterocycles. The third-order valence-corrected chi connectivity index (χ3v) is 6.21. The van der Waals surface area contributed by atoms with Crippen molar-refractivity contribution in [1.82, 2.24) is 24.6 Å². The van der Waals surface area contributed by atoms with E-state index in [2.05, 4.69) is 67.1 Å². The van der Waals surface area contributed by atoms with Crippen LogP contribution in [0.15, 0.2) is 53.6 Å². The van der Waals surface area contributed by atoms with Gasteiger partial charge in [0, 0.05) is 49.1 Å². The number of hydrogen-bond acceptors (Lipinski definition) is 7. The van der Waals surface area contributed by atoms with E-state index < -0.39 is 5.69 Å². The van der Waals surface area contributed by atoms with Gasteiger partial charge in [0.2, 0.25) is 5.88 Å². The molecule has 3 aromatic heterocycles. The SMILES string of the molecule is O=c1[nH]c(O)c(Cc2cnn3c(NC4CC4)cc(NCc4ccccc4N4C=CCC4)nc23)[nH]1. The third-order valence-electron chi connectivity index (χ3n) is 6.21. The van der Waals surface area contributed by atoms with Gasteiger partial charge in [0.15, 0.2) is 5.65 Å². The van der Waals surface area contributed by atoms with Crippen LogP contribution in [0.1, 0.15) is 36.1 Å². The Morgan fingerprint density at radius 2 is 2.06 bits per heavy atom. The van der Waals surface area contributed by atoms with E-state index >= 15 is 0 Å². The van der Waals surface area contributed by atoms with Gasteiger partial charge in [-0.3, -0.25) is 4.98 Å². The molecular weight excluding hydrogens is 432 g/mol. The fourth-order valence-corrected chi connectivity index (χ4v) is 4.31. The zero-order chi connectivity index (χ0) is 23.1. The molecule has 1 fully saturated rings. The Labute approximate surface area is 195 Å². The quantitative estimate of drug-likeness (QED) is 0.275. The summed E-state index contributed by atoms with van der Waals surface area (Å²) in [4.78, 5) is 23.6. The van der Waals surface area contributed by atoms with Crippen LogP contribution in [0.25, 0.3) is 5.65 Å². The highest BCUT2D eigenvalue weighted by Gasteiger charge is 2.23. The van der Waals surface area contributed by atoms with Gasteiger partial charge in [0.1, 0.15) is 11.6 Å². The Kier molecular flexibility index (Phi) is 4.97. The first kappa shape index (κ1) is 20.4. The van der Waals surface area contributed by atoms with Crippen molar-refractivity contribution in [3.8, 4) is 5.88 Å². The summed E-state index contributed by atoms with van der Waals surface area (Å²) in [5.74, 6) is 1.43. The second-order valence-corrected chi connectivity index (χ2v) is 8.78. The molecule has 1 saturated carbocycles. The number of aromatic hydroxyl groups is 1. The summed E-state index contributed by atoms with van der Waals surface area (Å²) in [5, 5.41) is 21.5. The lowest BCUT2D eigenvalue weighted by molar-refractivity contribution is 0.450. The molecule has 1 aliphatic carbocycles. The Balaban J connectivity index is 1.32. The van der Waals surface area contributed by atoms with Crippen molar-refractivity contribution in [3.05, 3.63) is 76.1 Å². The number of aromatic nitrogens is 5. The van der Waals surface area contributed by atoms with Crippen molar-refractivity contribution < 1.29 is 5.11 Å². The molecule has 2 aliphatic rings. The maximum absolute atomic E-state index is 11.5. The number of fused-ring (bicyclic) bond motifs is 1. The van der Waals surface area contributed by atoms with Gasteiger partial charge >= 0.3 is 5.69 Å². The molecule has 0 bridgehead atoms. The van der Waals surface area contributed by atoms with Gasteiger partial charge < -0.3 is 25.6 Å². The molecule has 5 N–H and O–H groups in total. The number of nitrogens with zero attached hydrogens (tertiary/aromatic N) is 4. The molecule has 4 aromatic rings. The number of hydrogen-bond donors (Lipinski definition) is 5. The van der Waals surface area contributed by atoms with E-state index in [-0.39, 0.29) is 5.88 Å². The second kappa shape index (κ2) is 8.29. The van der Waals surface area contributed by atoms with Crippen molar-refractivity contribution in [3.63, 3.8) is 0 Å². The lowest BCUT2D eigenvalue weighted by atomic mass is 10.1. The van der Waals surface area contributed by atoms with E-state index in [9.17, 15) is 9.90 Å². The van der Waals surface area contributed by atoms with Gasteiger partial charge in [-0.25, -0.2) is 9.78 Å². The van der Waals surface area contributed by atoms with Crippen molar-refractivity contribution >= 4 is 23.0 Å². The van der Waals surface area contributed by atoms with E-state index in [0.717, 1.165) is 43.0 Å². The average molecular weight is 459 g/mol. The first-order valence-electron chi connectivity index (χ1n) is 11.5. The molecule has 6 rings (SSSR count). The van der Waals surface area contributed by atoms with Gasteiger partial charge in [-0.05, 0) is 30.9 Å². The van der Waals surface area contributed by atoms with Gasteiger partial charge in [0.25, 0.3) is 0 Å². The minimum atomic E-state index is -0.443. The highest BCUT2D eigenvalue weighted by Crippen LogP contribution is 2.29. The summed E-state index contributed by atoms with van der Waals surface area (Å²) in [7, 11) is 0. The van der Waals surface area contributed by atoms with Crippen LogP contribution in [-0.2, 0) is 13.0 Å². The standard InChI is InChI=1S/C24H26N8O2/c33-23-18(28-24(34)30-23)11-16-14-26-32-21(27-17-7-8-17)12-20(29-22(16)32)25-13-15-5-1-2-6-19(15)31-9-3-4-10-31/h1-3,5-6,9,12,14,17,27,33H,4,7-8,10-11,13H2,(H,25,29)(H2,28,30,34). The molecule has 1 aromatic carbocycles. The van der Waals surface area contributed by atoms with Crippen LogP contribution < -0.4 is 21.2 Å². The van der Waals surface area contributed by atoms with Crippen molar-refractivity contribution in [2.24, 2.45) is 0 Å². The molecule has 1 aliphatic heterocycles. The van der Waals surface area contributed by atoms with Crippen molar-refractivity contribution in [1.29, 1.82) is 0 Å². The first-order chi connectivity index (χ1) is 16.6. The predicted molar refractivity (Wildman–Crippen MR) is 130 cm³/mol. The first-order valence-corrected chi connectivity index (χ1v) is 11.5. The molecule has 0 atom stereocenters. The number of benzene rings is 1. The van der Waals surface area contributed by atoms with Crippen LogP contribution in [-0.4, -0.2) is 42.3 Å². The van der Waals surface area contributed by atoms with Crippen LogP contribution in [0.2, 0.25) is 0 Å². The summed E-state index contributed by atoms with van der Waals surface area (Å²) >= 11 is 0. The molecule has 34 heavy (non-hydrogen) atoms. The normalized spacial score (nSPS) is 15.4. The number of imidazole rings is 1. The van der Waals surface area contributed by atoms with E-state index in [1.54, 1.807) is 10.7 Å². The molecule has 174 valence electrons. The molecule has 4 heterocycles. The van der Waals surface area contributed by atoms with E-state index in [1.165, 1.54) is 11.3 Å². The lowest BCUT2D eigenvalue weighted by Crippen LogP contribution is -2.16. The highest BCUT2D eigenvalue weighted by molar-refractivity contribution is 5.63. The summed E-state index contributed by atoms with van der Waals surface area (Å²) in [6.07, 6.45) is 9.68. The Morgan fingerprint density at radius 3 is 2.82 bits per heavy atom. The summed E-state index contributed by atoms with van der Waals surface area (Å²) in [5.41, 5.74) is 3.82. The maximum atomic E-state index is 11.5. The molecule has 0 radical (unpaired) electrons. The Bertz CT molecular complexity index is 1430. The number of para-hydroxylation sites is 1. The Morgan fingerprint density at radius 1 is 1.18 bits per heavy atom. The molecular formula is C24H26N8O2. The van der Waals surface area contributed by atoms with Crippen LogP contribution in [0, 0.1) is 0 Å². The molecule has 0 amide bonds. The zero-order valence-electron chi connectivity index (χ0n) is 18.6. The Hall–Kier alpha value is -4.21. The fourth-order valence-electron chi connectivity index (χ4n) is 4.31. The van der Waals surface area contributed by atoms with Crippen LogP contribution in [0.4, 0.5) is 17.3 Å². The smallest absolute Gasteiger partial charge is 0.325 e. The molecule has 0 unspecified atom stereocenters. The third kappa shape index (κ3) is 3.98. The van der Waals surface area contributed by atoms with Crippen molar-refractivity contribution in [2.75, 3.05) is 22.1 Å². The average Bonchev–Trinajstić information content (AvgIpc) is 3.20. The van der Waals surface area contributed by atoms with E-state index in [1.807, 2.05) is 6.07 Å². The molecule has 10 nitrogen and oxygen atoms in total. The lowest BCUT2D eigenvalue weighted by Gasteiger charge is -2.20. The number of anilines is 3. The summed E-state index contributed by atoms with van der Waals surface area (Å²) < 4.78 is 1.78. The maximum Gasteiger partial charge on any atom is 0.325 e. The minimum Gasteiger partial charge on any atom is -0.493 e. The minimum absolute atomic E-state index is 0.164. The number of nitrogens with one attached hydrogen (secondary N) is 4. The van der Waals surface area contributed by atoms with Gasteiger partial charge in [-0.2, -0.15) is 9.61 Å². The monoisotopic (exact) mass is 458 g/mol. The van der Waals surface area contributed by atoms with E-state index in [4.69, 9.17) is 4.98 Å². The summed E-state index contributed by atoms with van der Waals surface area (Å²) in [6, 6.07) is 10.8. The van der Waals surface area contributed by atoms with Crippen LogP contribution in [0.3, 0.4) is 0 Å². The second-order valence-electron chi connectivity index (χ2n) is 8.78. The van der Waals surface area contributed by atoms with Gasteiger partial charge in [0.05, 0.1) is 11.9 Å². The van der Waals surface area contributed by atoms with Crippen molar-refractivity contribution in [2.45, 2.75) is 38.3 Å². The molecule has 10 heteroatoms.